The van der Waals surface area contributed by atoms with Gasteiger partial charge in [-0.15, -0.1) is 0 Å². The molecule has 1 aromatic carbocycles. The molecule has 0 amide bonds. The van der Waals surface area contributed by atoms with E-state index in [1.807, 2.05) is 0 Å². The number of H-pyrrole nitrogens is 4. The van der Waals surface area contributed by atoms with E-state index < -0.39 is 0 Å². The molecule has 6 heterocycles. The van der Waals surface area contributed by atoms with E-state index in [0.717, 1.165) is 68.3 Å². The number of aromatic amines is 4. The first-order chi connectivity index (χ1) is 16.5. The first-order valence-corrected chi connectivity index (χ1v) is 11.3. The van der Waals surface area contributed by atoms with E-state index in [2.05, 4.69) is 103 Å². The van der Waals surface area contributed by atoms with E-state index in [0.29, 0.717) is 0 Å². The fourth-order valence-electron chi connectivity index (χ4n) is 5.61. The maximum atomic E-state index is 4.47. The lowest BCUT2D eigenvalue weighted by molar-refractivity contribution is 0.918. The zero-order valence-electron chi connectivity index (χ0n) is 19.3. The van der Waals surface area contributed by atoms with Crippen LogP contribution in [0.15, 0.2) is 24.3 Å². The minimum atomic E-state index is 0.0447. The Labute approximate surface area is 195 Å². The molecular formula is C24H24N10. The van der Waals surface area contributed by atoms with Crippen molar-refractivity contribution in [3.05, 3.63) is 80.4 Å². The monoisotopic (exact) mass is 452 g/mol. The molecule has 0 fully saturated rings. The molecule has 2 aliphatic heterocycles. The van der Waals surface area contributed by atoms with E-state index in [1.54, 1.807) is 0 Å². The third kappa shape index (κ3) is 2.45. The zero-order chi connectivity index (χ0) is 23.1. The molecule has 6 N–H and O–H groups in total. The molecule has 0 aliphatic carbocycles. The van der Waals surface area contributed by atoms with E-state index >= 15 is 0 Å². The number of hydrogen-bond donors (Lipinski definition) is 6. The number of fused-ring (bicyclic) bond motifs is 4. The Kier molecular flexibility index (Phi) is 3.72. The Hall–Kier alpha value is -4.34. The molecule has 2 aliphatic rings. The van der Waals surface area contributed by atoms with E-state index in [9.17, 15) is 0 Å². The highest BCUT2D eigenvalue weighted by atomic mass is 15.3. The first-order valence-electron chi connectivity index (χ1n) is 11.3. The highest BCUT2D eigenvalue weighted by molar-refractivity contribution is 5.74. The second-order valence-electron chi connectivity index (χ2n) is 9.23. The van der Waals surface area contributed by atoms with Crippen molar-refractivity contribution >= 4 is 23.3 Å². The highest BCUT2D eigenvalue weighted by Gasteiger charge is 2.36. The normalized spacial score (nSPS) is 14.7. The number of aromatic nitrogens is 8. The van der Waals surface area contributed by atoms with Gasteiger partial charge in [0.1, 0.15) is 0 Å². The second-order valence-corrected chi connectivity index (χ2v) is 9.23. The molecule has 34 heavy (non-hydrogen) atoms. The Morgan fingerprint density at radius 1 is 0.471 bits per heavy atom. The van der Waals surface area contributed by atoms with Crippen LogP contribution in [0.2, 0.25) is 0 Å². The topological polar surface area (TPSA) is 139 Å². The number of aryl methyl sites for hydroxylation is 4. The Balaban J connectivity index is 1.37. The molecule has 10 nitrogen and oxygen atoms in total. The van der Waals surface area contributed by atoms with Gasteiger partial charge < -0.3 is 10.6 Å². The van der Waals surface area contributed by atoms with Gasteiger partial charge in [-0.2, -0.15) is 20.4 Å². The lowest BCUT2D eigenvalue weighted by Crippen LogP contribution is -2.15. The summed E-state index contributed by atoms with van der Waals surface area (Å²) < 4.78 is 0. The number of nitrogens with one attached hydrogen (secondary N) is 6. The van der Waals surface area contributed by atoms with Gasteiger partial charge >= 0.3 is 0 Å². The molecule has 0 spiro atoms. The Morgan fingerprint density at radius 3 is 1.00 bits per heavy atom. The van der Waals surface area contributed by atoms with E-state index in [-0.39, 0.29) is 11.8 Å². The van der Waals surface area contributed by atoms with Gasteiger partial charge in [0.2, 0.25) is 0 Å². The van der Waals surface area contributed by atoms with Gasteiger partial charge in [0.25, 0.3) is 0 Å². The zero-order valence-corrected chi connectivity index (χ0v) is 19.3. The third-order valence-electron chi connectivity index (χ3n) is 7.21. The molecule has 0 unspecified atom stereocenters. The molecule has 0 saturated carbocycles. The van der Waals surface area contributed by atoms with Crippen LogP contribution in [0.1, 0.15) is 68.0 Å². The lowest BCUT2D eigenvalue weighted by Gasteiger charge is -2.27. The number of anilines is 4. The first kappa shape index (κ1) is 19.2. The Bertz CT molecular complexity index is 1350. The molecule has 10 heteroatoms. The molecule has 7 rings (SSSR count). The fourth-order valence-corrected chi connectivity index (χ4v) is 5.61. The minimum Gasteiger partial charge on any atom is -0.321 e. The van der Waals surface area contributed by atoms with Crippen molar-refractivity contribution in [2.45, 2.75) is 39.5 Å². The maximum Gasteiger partial charge on any atom is 0.157 e. The summed E-state index contributed by atoms with van der Waals surface area (Å²) in [5.41, 5.74) is 11.3. The second kappa shape index (κ2) is 6.60. The van der Waals surface area contributed by atoms with Gasteiger partial charge in [0.15, 0.2) is 23.3 Å². The van der Waals surface area contributed by atoms with E-state index in [1.165, 1.54) is 11.1 Å². The van der Waals surface area contributed by atoms with Crippen molar-refractivity contribution < 1.29 is 0 Å². The van der Waals surface area contributed by atoms with Crippen LogP contribution >= 0.6 is 0 Å². The van der Waals surface area contributed by atoms with Gasteiger partial charge in [-0.1, -0.05) is 24.3 Å². The average molecular weight is 453 g/mol. The SMILES string of the molecule is Cc1[nH]nc2c1C(c1ccc(C3c4c(n[nH]c4C)Nc4n[nH]c(C)c43)cc1)c1c(n[nH]c1C)N2. The van der Waals surface area contributed by atoms with E-state index in [4.69, 9.17) is 0 Å². The van der Waals surface area contributed by atoms with Crippen LogP contribution in [-0.2, 0) is 0 Å². The predicted molar refractivity (Wildman–Crippen MR) is 128 cm³/mol. The van der Waals surface area contributed by atoms with Crippen LogP contribution < -0.4 is 10.6 Å². The standard InChI is InChI=1S/C24H24N10/c1-9-15-19(16-10(2)28-32-22(16)25-21(15)31-27-9)13-5-7-14(8-6-13)20-17-11(3)29-33-23(17)26-24-18(20)12(4)30-34-24/h5-8,19-20H,1-4H3,(H3,25,27,28,31,32)(H3,26,29,30,33,34). The summed E-state index contributed by atoms with van der Waals surface area (Å²) in [4.78, 5) is 0. The molecular weight excluding hydrogens is 428 g/mol. The highest BCUT2D eigenvalue weighted by Crippen LogP contribution is 2.48. The predicted octanol–water partition coefficient (Wildman–Crippen LogP) is 4.29. The summed E-state index contributed by atoms with van der Waals surface area (Å²) in [6.07, 6.45) is 0. The summed E-state index contributed by atoms with van der Waals surface area (Å²) in [5.74, 6) is 3.43. The third-order valence-corrected chi connectivity index (χ3v) is 7.21. The Morgan fingerprint density at radius 2 is 0.735 bits per heavy atom. The van der Waals surface area contributed by atoms with Crippen LogP contribution in [0, 0.1) is 27.7 Å². The van der Waals surface area contributed by atoms with Crippen molar-refractivity contribution in [3.63, 3.8) is 0 Å². The summed E-state index contributed by atoms with van der Waals surface area (Å²) in [6, 6.07) is 8.90. The molecule has 0 atom stereocenters. The fraction of sp³-hybridized carbons (Fsp3) is 0.250. The lowest BCUT2D eigenvalue weighted by atomic mass is 9.79. The number of nitrogens with zero attached hydrogens (tertiary/aromatic N) is 4. The molecule has 4 aromatic heterocycles. The summed E-state index contributed by atoms with van der Waals surface area (Å²) in [6.45, 7) is 8.26. The average Bonchev–Trinajstić information content (AvgIpc) is 3.60. The van der Waals surface area contributed by atoms with Crippen molar-refractivity contribution in [2.75, 3.05) is 10.6 Å². The summed E-state index contributed by atoms with van der Waals surface area (Å²) in [5, 5.41) is 37.2. The molecule has 170 valence electrons. The smallest absolute Gasteiger partial charge is 0.157 e. The van der Waals surface area contributed by atoms with Crippen LogP contribution in [0.4, 0.5) is 23.3 Å². The van der Waals surface area contributed by atoms with Crippen LogP contribution in [0.5, 0.6) is 0 Å². The number of hydrogen-bond acceptors (Lipinski definition) is 6. The van der Waals surface area contributed by atoms with Gasteiger partial charge in [0.05, 0.1) is 0 Å². The van der Waals surface area contributed by atoms with Crippen LogP contribution in [-0.4, -0.2) is 40.8 Å². The molecule has 0 radical (unpaired) electrons. The minimum absolute atomic E-state index is 0.0447. The largest absolute Gasteiger partial charge is 0.321 e. The van der Waals surface area contributed by atoms with Gasteiger partial charge in [-0.3, -0.25) is 20.4 Å². The summed E-state index contributed by atoms with van der Waals surface area (Å²) >= 11 is 0. The quantitative estimate of drug-likeness (QED) is 0.231. The van der Waals surface area contributed by atoms with Crippen molar-refractivity contribution in [3.8, 4) is 0 Å². The molecule has 0 bridgehead atoms. The van der Waals surface area contributed by atoms with Crippen LogP contribution in [0.25, 0.3) is 0 Å². The van der Waals surface area contributed by atoms with Crippen molar-refractivity contribution in [1.29, 1.82) is 0 Å². The van der Waals surface area contributed by atoms with Crippen molar-refractivity contribution in [1.82, 2.24) is 40.8 Å². The summed E-state index contributed by atoms with van der Waals surface area (Å²) in [7, 11) is 0. The maximum absolute atomic E-state index is 4.47. The van der Waals surface area contributed by atoms with Crippen LogP contribution in [0.3, 0.4) is 0 Å². The van der Waals surface area contributed by atoms with Gasteiger partial charge in [-0.05, 0) is 38.8 Å². The van der Waals surface area contributed by atoms with Crippen molar-refractivity contribution in [2.24, 2.45) is 0 Å². The molecule has 0 saturated heterocycles. The number of benzene rings is 1. The number of rotatable bonds is 2. The molecule has 5 aromatic rings. The van der Waals surface area contributed by atoms with Gasteiger partial charge in [0, 0.05) is 56.9 Å². The van der Waals surface area contributed by atoms with Gasteiger partial charge in [-0.25, -0.2) is 0 Å².